The Morgan fingerprint density at radius 2 is 1.84 bits per heavy atom. The standard InChI is InChI=1S/C26H25F3N2/c1-17-5-6-19(14-22(17)21-4-3-10-30-16-21)7-11-31-12-8-20(9-13-31)23-15-24(27)26(29)18(2)25(23)28/h3-6,8,10,14-16H,7,9,11-13H2,1-2H3. The quantitative estimate of drug-likeness (QED) is 0.461. The van der Waals surface area contributed by atoms with E-state index in [1.165, 1.54) is 23.6 Å². The molecule has 0 radical (unpaired) electrons. The van der Waals surface area contributed by atoms with Crippen molar-refractivity contribution in [3.8, 4) is 11.1 Å². The molecular formula is C26H25F3N2. The van der Waals surface area contributed by atoms with Gasteiger partial charge in [-0.1, -0.05) is 30.3 Å². The van der Waals surface area contributed by atoms with Crippen molar-refractivity contribution in [3.05, 3.63) is 94.6 Å². The van der Waals surface area contributed by atoms with Crippen molar-refractivity contribution in [1.82, 2.24) is 9.88 Å². The minimum absolute atomic E-state index is 0.177. The molecule has 0 amide bonds. The van der Waals surface area contributed by atoms with Gasteiger partial charge in [-0.05, 0) is 61.1 Å². The third kappa shape index (κ3) is 4.57. The van der Waals surface area contributed by atoms with Crippen LogP contribution in [0.15, 0.2) is 54.9 Å². The monoisotopic (exact) mass is 422 g/mol. The number of pyridine rings is 1. The van der Waals surface area contributed by atoms with Crippen LogP contribution in [0.5, 0.6) is 0 Å². The highest BCUT2D eigenvalue weighted by molar-refractivity contribution is 5.68. The molecule has 2 heterocycles. The number of aryl methyl sites for hydroxylation is 1. The molecule has 5 heteroatoms. The van der Waals surface area contributed by atoms with E-state index in [-0.39, 0.29) is 11.1 Å². The molecule has 1 aliphatic heterocycles. The second-order valence-corrected chi connectivity index (χ2v) is 8.08. The molecule has 4 rings (SSSR count). The molecule has 31 heavy (non-hydrogen) atoms. The molecule has 0 unspecified atom stereocenters. The summed E-state index contributed by atoms with van der Waals surface area (Å²) in [5, 5.41) is 0. The fourth-order valence-corrected chi connectivity index (χ4v) is 4.07. The van der Waals surface area contributed by atoms with E-state index in [0.29, 0.717) is 13.0 Å². The van der Waals surface area contributed by atoms with Crippen LogP contribution in [0, 0.1) is 31.3 Å². The smallest absolute Gasteiger partial charge is 0.164 e. The first-order valence-corrected chi connectivity index (χ1v) is 10.5. The van der Waals surface area contributed by atoms with Crippen molar-refractivity contribution >= 4 is 5.57 Å². The Morgan fingerprint density at radius 3 is 2.55 bits per heavy atom. The molecule has 0 atom stereocenters. The zero-order valence-corrected chi connectivity index (χ0v) is 17.8. The summed E-state index contributed by atoms with van der Waals surface area (Å²) in [6, 6.07) is 11.5. The van der Waals surface area contributed by atoms with Crippen molar-refractivity contribution in [3.63, 3.8) is 0 Å². The lowest BCUT2D eigenvalue weighted by Crippen LogP contribution is -2.30. The second-order valence-electron chi connectivity index (χ2n) is 8.08. The van der Waals surface area contributed by atoms with E-state index in [1.54, 1.807) is 6.20 Å². The summed E-state index contributed by atoms with van der Waals surface area (Å²) in [5.74, 6) is -2.77. The Bertz CT molecular complexity index is 1120. The van der Waals surface area contributed by atoms with Crippen molar-refractivity contribution < 1.29 is 13.2 Å². The molecule has 0 spiro atoms. The highest BCUT2D eigenvalue weighted by Crippen LogP contribution is 2.29. The maximum Gasteiger partial charge on any atom is 0.164 e. The maximum absolute atomic E-state index is 14.4. The molecule has 0 saturated heterocycles. The molecule has 2 aromatic carbocycles. The first-order chi connectivity index (χ1) is 14.9. The van der Waals surface area contributed by atoms with E-state index in [1.807, 2.05) is 18.3 Å². The van der Waals surface area contributed by atoms with Crippen LogP contribution in [-0.2, 0) is 6.42 Å². The lowest BCUT2D eigenvalue weighted by molar-refractivity contribution is 0.305. The largest absolute Gasteiger partial charge is 0.299 e. The average Bonchev–Trinajstić information content (AvgIpc) is 2.80. The van der Waals surface area contributed by atoms with Crippen LogP contribution in [0.3, 0.4) is 0 Å². The van der Waals surface area contributed by atoms with Gasteiger partial charge in [-0.3, -0.25) is 9.88 Å². The lowest BCUT2D eigenvalue weighted by Gasteiger charge is -2.27. The molecule has 0 saturated carbocycles. The Balaban J connectivity index is 1.43. The Hall–Kier alpha value is -2.92. The van der Waals surface area contributed by atoms with Crippen molar-refractivity contribution in [1.29, 1.82) is 0 Å². The minimum atomic E-state index is -1.11. The van der Waals surface area contributed by atoms with Crippen LogP contribution in [0.2, 0.25) is 0 Å². The van der Waals surface area contributed by atoms with E-state index >= 15 is 0 Å². The van der Waals surface area contributed by atoms with E-state index in [4.69, 9.17) is 0 Å². The second kappa shape index (κ2) is 9.06. The molecule has 0 bridgehead atoms. The molecule has 0 N–H and O–H groups in total. The number of nitrogens with zero attached hydrogens (tertiary/aromatic N) is 2. The van der Waals surface area contributed by atoms with E-state index in [0.717, 1.165) is 36.7 Å². The molecular weight excluding hydrogens is 397 g/mol. The molecule has 2 nitrogen and oxygen atoms in total. The van der Waals surface area contributed by atoms with E-state index in [9.17, 15) is 13.2 Å². The van der Waals surface area contributed by atoms with Gasteiger partial charge < -0.3 is 0 Å². The van der Waals surface area contributed by atoms with Crippen LogP contribution in [0.4, 0.5) is 13.2 Å². The number of aromatic nitrogens is 1. The Morgan fingerprint density at radius 1 is 1.00 bits per heavy atom. The van der Waals surface area contributed by atoms with Gasteiger partial charge in [0, 0.05) is 48.7 Å². The third-order valence-electron chi connectivity index (χ3n) is 6.01. The van der Waals surface area contributed by atoms with Gasteiger partial charge in [-0.15, -0.1) is 0 Å². The van der Waals surface area contributed by atoms with Gasteiger partial charge in [0.2, 0.25) is 0 Å². The van der Waals surface area contributed by atoms with Crippen LogP contribution < -0.4 is 0 Å². The summed E-state index contributed by atoms with van der Waals surface area (Å²) >= 11 is 0. The summed E-state index contributed by atoms with van der Waals surface area (Å²) in [6.45, 7) is 5.66. The predicted octanol–water partition coefficient (Wildman–Crippen LogP) is 6.11. The first kappa shape index (κ1) is 21.3. The molecule has 1 aromatic heterocycles. The fourth-order valence-electron chi connectivity index (χ4n) is 4.07. The van der Waals surface area contributed by atoms with Crippen LogP contribution >= 0.6 is 0 Å². The van der Waals surface area contributed by atoms with Crippen molar-refractivity contribution in [2.45, 2.75) is 26.7 Å². The Labute approximate surface area is 181 Å². The zero-order valence-electron chi connectivity index (χ0n) is 17.8. The molecule has 1 aliphatic rings. The summed E-state index contributed by atoms with van der Waals surface area (Å²) < 4.78 is 41.8. The van der Waals surface area contributed by atoms with Crippen LogP contribution in [0.25, 0.3) is 16.7 Å². The topological polar surface area (TPSA) is 16.1 Å². The summed E-state index contributed by atoms with van der Waals surface area (Å²) in [6.07, 6.45) is 7.08. The molecule has 3 aromatic rings. The fraction of sp³-hybridized carbons (Fsp3) is 0.269. The highest BCUT2D eigenvalue weighted by atomic mass is 19.2. The van der Waals surface area contributed by atoms with Gasteiger partial charge in [0.25, 0.3) is 0 Å². The van der Waals surface area contributed by atoms with Gasteiger partial charge in [0.1, 0.15) is 5.82 Å². The van der Waals surface area contributed by atoms with Gasteiger partial charge in [0.05, 0.1) is 0 Å². The van der Waals surface area contributed by atoms with Crippen molar-refractivity contribution in [2.75, 3.05) is 19.6 Å². The summed E-state index contributed by atoms with van der Waals surface area (Å²) in [5.41, 5.74) is 5.42. The molecule has 0 fully saturated rings. The van der Waals surface area contributed by atoms with Crippen molar-refractivity contribution in [2.24, 2.45) is 0 Å². The predicted molar refractivity (Wildman–Crippen MR) is 118 cm³/mol. The summed E-state index contributed by atoms with van der Waals surface area (Å²) in [7, 11) is 0. The SMILES string of the molecule is Cc1ccc(CCN2CC=C(c3cc(F)c(F)c(C)c3F)CC2)cc1-c1cccnc1. The molecule has 0 aliphatic carbocycles. The first-order valence-electron chi connectivity index (χ1n) is 10.5. The zero-order chi connectivity index (χ0) is 22.0. The van der Waals surface area contributed by atoms with Gasteiger partial charge in [-0.2, -0.15) is 0 Å². The highest BCUT2D eigenvalue weighted by Gasteiger charge is 2.20. The number of rotatable bonds is 5. The normalized spacial score (nSPS) is 14.5. The minimum Gasteiger partial charge on any atom is -0.299 e. The number of halogens is 3. The molecule has 160 valence electrons. The van der Waals surface area contributed by atoms with Gasteiger partial charge in [0.15, 0.2) is 11.6 Å². The number of hydrogen-bond acceptors (Lipinski definition) is 2. The summed E-state index contributed by atoms with van der Waals surface area (Å²) in [4.78, 5) is 6.51. The Kier molecular flexibility index (Phi) is 6.23. The maximum atomic E-state index is 14.4. The lowest BCUT2D eigenvalue weighted by atomic mass is 9.96. The third-order valence-corrected chi connectivity index (χ3v) is 6.01. The van der Waals surface area contributed by atoms with Gasteiger partial charge in [-0.25, -0.2) is 13.2 Å². The number of hydrogen-bond donors (Lipinski definition) is 0. The van der Waals surface area contributed by atoms with Gasteiger partial charge >= 0.3 is 0 Å². The van der Waals surface area contributed by atoms with Crippen LogP contribution in [0.1, 0.15) is 28.7 Å². The average molecular weight is 422 g/mol. The van der Waals surface area contributed by atoms with E-state index < -0.39 is 17.5 Å². The number of benzene rings is 2. The van der Waals surface area contributed by atoms with E-state index in [2.05, 4.69) is 41.1 Å². The van der Waals surface area contributed by atoms with Crippen LogP contribution in [-0.4, -0.2) is 29.5 Å².